The van der Waals surface area contributed by atoms with E-state index in [1.165, 1.54) is 0 Å². The Bertz CT molecular complexity index is 1040. The molecular formula is C24H40BrN2O5PS. The highest BCUT2D eigenvalue weighted by atomic mass is 79.9. The smallest absolute Gasteiger partial charge is 0.331 e. The minimum Gasteiger partial charge on any atom is -1.00 e. The van der Waals surface area contributed by atoms with Crippen molar-refractivity contribution in [1.82, 2.24) is 4.72 Å². The molecule has 0 aliphatic rings. The van der Waals surface area contributed by atoms with Crippen LogP contribution in [0.3, 0.4) is 0 Å². The topological polar surface area (TPSA) is 81.7 Å². The van der Waals surface area contributed by atoms with Crippen molar-refractivity contribution >= 4 is 28.4 Å². The monoisotopic (exact) mass is 578 g/mol. The lowest BCUT2D eigenvalue weighted by atomic mass is 10.1. The molecule has 0 radical (unpaired) electrons. The van der Waals surface area contributed by atoms with E-state index in [-0.39, 0.29) is 29.2 Å². The van der Waals surface area contributed by atoms with Gasteiger partial charge in [-0.2, -0.15) is 0 Å². The van der Waals surface area contributed by atoms with Gasteiger partial charge in [0.05, 0.1) is 50.5 Å². The van der Waals surface area contributed by atoms with Crippen LogP contribution in [0.4, 0.5) is 0 Å². The highest BCUT2D eigenvalue weighted by Crippen LogP contribution is 2.51. The van der Waals surface area contributed by atoms with Gasteiger partial charge in [0.15, 0.2) is 0 Å². The van der Waals surface area contributed by atoms with E-state index < -0.39 is 17.6 Å². The zero-order valence-electron chi connectivity index (χ0n) is 21.2. The van der Waals surface area contributed by atoms with Crippen molar-refractivity contribution in [3.05, 3.63) is 42.5 Å². The van der Waals surface area contributed by atoms with Crippen LogP contribution in [0.25, 0.3) is 10.8 Å². The van der Waals surface area contributed by atoms with Gasteiger partial charge in [0.2, 0.25) is 10.0 Å². The second kappa shape index (κ2) is 13.5. The van der Waals surface area contributed by atoms with Crippen LogP contribution in [0.5, 0.6) is 0 Å². The molecule has 0 atom stereocenters. The van der Waals surface area contributed by atoms with Gasteiger partial charge in [-0.3, -0.25) is 4.57 Å². The molecule has 0 aromatic heterocycles. The first kappa shape index (κ1) is 31.2. The quantitative estimate of drug-likeness (QED) is 0.211. The van der Waals surface area contributed by atoms with Gasteiger partial charge in [-0.25, -0.2) is 13.1 Å². The molecule has 0 spiro atoms. The fourth-order valence-corrected chi connectivity index (χ4v) is 7.17. The number of benzene rings is 2. The molecule has 2 aromatic carbocycles. The first-order valence-electron chi connectivity index (χ1n) is 11.6. The Morgan fingerprint density at radius 3 is 2.09 bits per heavy atom. The third kappa shape index (κ3) is 10.1. The molecule has 2 aromatic rings. The van der Waals surface area contributed by atoms with E-state index in [1.807, 2.05) is 58.0 Å². The van der Waals surface area contributed by atoms with E-state index in [0.29, 0.717) is 34.9 Å². The number of sulfonamides is 1. The molecule has 0 aliphatic heterocycles. The van der Waals surface area contributed by atoms with Gasteiger partial charge in [-0.1, -0.05) is 36.4 Å². The van der Waals surface area contributed by atoms with E-state index in [0.717, 1.165) is 23.9 Å². The number of fused-ring (bicyclic) bond motifs is 1. The molecule has 0 saturated heterocycles. The van der Waals surface area contributed by atoms with E-state index in [1.54, 1.807) is 12.1 Å². The standard InChI is InChI=1S/C24H40N2O5PS.BrH/c1-20(2)30-32(27,31-21(3)4)19-11-18-26(5,6)17-10-16-25-33(28,29)24-15-9-13-22-12-7-8-14-23(22)24;/h7-9,12-15,20-21,25H,10-11,16-19H2,1-6H3;1H/q+1;/p-1. The van der Waals surface area contributed by atoms with Crippen LogP contribution >= 0.6 is 7.60 Å². The Hall–Kier alpha value is -0.800. The summed E-state index contributed by atoms with van der Waals surface area (Å²) in [6.45, 7) is 9.37. The summed E-state index contributed by atoms with van der Waals surface area (Å²) in [5.41, 5.74) is 0. The predicted octanol–water partition coefficient (Wildman–Crippen LogP) is 2.02. The molecule has 34 heavy (non-hydrogen) atoms. The molecule has 0 saturated carbocycles. The van der Waals surface area contributed by atoms with Crippen LogP contribution in [0.1, 0.15) is 40.5 Å². The molecular weight excluding hydrogens is 539 g/mol. The Morgan fingerprint density at radius 1 is 0.912 bits per heavy atom. The van der Waals surface area contributed by atoms with Gasteiger partial charge >= 0.3 is 7.60 Å². The van der Waals surface area contributed by atoms with Crippen molar-refractivity contribution in [1.29, 1.82) is 0 Å². The van der Waals surface area contributed by atoms with Crippen LogP contribution in [0, 0.1) is 0 Å². The number of nitrogens with one attached hydrogen (secondary N) is 1. The normalized spacial score (nSPS) is 12.9. The minimum absolute atomic E-state index is 0. The second-order valence-corrected chi connectivity index (χ2v) is 13.4. The third-order valence-electron chi connectivity index (χ3n) is 5.21. The fraction of sp³-hybridized carbons (Fsp3) is 0.583. The lowest BCUT2D eigenvalue weighted by Gasteiger charge is -2.31. The molecule has 10 heteroatoms. The van der Waals surface area contributed by atoms with Gasteiger partial charge in [0.1, 0.15) is 0 Å². The van der Waals surface area contributed by atoms with Crippen LogP contribution in [0.15, 0.2) is 47.4 Å². The van der Waals surface area contributed by atoms with Crippen molar-refractivity contribution in [2.45, 2.75) is 57.6 Å². The molecule has 2 rings (SSSR count). The summed E-state index contributed by atoms with van der Waals surface area (Å²) in [6, 6.07) is 12.8. The van der Waals surface area contributed by atoms with Gasteiger partial charge in [0, 0.05) is 24.8 Å². The van der Waals surface area contributed by atoms with E-state index in [9.17, 15) is 13.0 Å². The average Bonchev–Trinajstić information content (AvgIpc) is 2.69. The lowest BCUT2D eigenvalue weighted by molar-refractivity contribution is -0.890. The number of halogens is 1. The second-order valence-electron chi connectivity index (χ2n) is 9.61. The number of quaternary nitrogens is 1. The zero-order chi connectivity index (χ0) is 24.7. The molecule has 0 unspecified atom stereocenters. The van der Waals surface area contributed by atoms with Crippen molar-refractivity contribution in [3.63, 3.8) is 0 Å². The Kier molecular flexibility index (Phi) is 12.4. The number of rotatable bonds is 14. The Labute approximate surface area is 216 Å². The largest absolute Gasteiger partial charge is 1.00 e. The van der Waals surface area contributed by atoms with Crippen LogP contribution in [0.2, 0.25) is 0 Å². The molecule has 0 heterocycles. The fourth-order valence-electron chi connectivity index (χ4n) is 3.80. The number of hydrogen-bond donors (Lipinski definition) is 1. The van der Waals surface area contributed by atoms with Crippen LogP contribution in [-0.2, 0) is 23.6 Å². The van der Waals surface area contributed by atoms with Gasteiger partial charge in [-0.05, 0) is 39.1 Å². The number of nitrogens with zero attached hydrogens (tertiary/aromatic N) is 1. The number of hydrogen-bond acceptors (Lipinski definition) is 5. The van der Waals surface area contributed by atoms with Crippen molar-refractivity contribution in [2.24, 2.45) is 0 Å². The van der Waals surface area contributed by atoms with Crippen LogP contribution < -0.4 is 21.7 Å². The van der Waals surface area contributed by atoms with E-state index in [4.69, 9.17) is 9.05 Å². The maximum atomic E-state index is 13.0. The molecule has 0 bridgehead atoms. The van der Waals surface area contributed by atoms with E-state index >= 15 is 0 Å². The minimum atomic E-state index is -3.59. The highest BCUT2D eigenvalue weighted by Gasteiger charge is 2.28. The molecule has 194 valence electrons. The first-order chi connectivity index (χ1) is 15.3. The molecule has 7 nitrogen and oxygen atoms in total. The van der Waals surface area contributed by atoms with Gasteiger partial charge in [0.25, 0.3) is 0 Å². The summed E-state index contributed by atoms with van der Waals surface area (Å²) in [5.74, 6) is 0. The molecule has 0 fully saturated rings. The summed E-state index contributed by atoms with van der Waals surface area (Å²) < 4.78 is 53.4. The molecule has 1 N–H and O–H groups in total. The van der Waals surface area contributed by atoms with Gasteiger partial charge in [-0.15, -0.1) is 0 Å². The van der Waals surface area contributed by atoms with Gasteiger partial charge < -0.3 is 30.5 Å². The summed E-state index contributed by atoms with van der Waals surface area (Å²) >= 11 is 0. The molecule has 0 aliphatic carbocycles. The van der Waals surface area contributed by atoms with Crippen molar-refractivity contribution in [3.8, 4) is 0 Å². The third-order valence-corrected chi connectivity index (χ3v) is 9.08. The zero-order valence-corrected chi connectivity index (χ0v) is 24.5. The van der Waals surface area contributed by atoms with Crippen molar-refractivity contribution in [2.75, 3.05) is 39.9 Å². The summed E-state index contributed by atoms with van der Waals surface area (Å²) in [4.78, 5) is 0.306. The van der Waals surface area contributed by atoms with Crippen molar-refractivity contribution < 1.29 is 43.5 Å². The highest BCUT2D eigenvalue weighted by molar-refractivity contribution is 7.89. The molecule has 0 amide bonds. The Balaban J connectivity index is 0.00000578. The first-order valence-corrected chi connectivity index (χ1v) is 14.8. The Morgan fingerprint density at radius 2 is 1.47 bits per heavy atom. The predicted molar refractivity (Wildman–Crippen MR) is 135 cm³/mol. The summed E-state index contributed by atoms with van der Waals surface area (Å²) in [7, 11) is -2.53. The SMILES string of the molecule is CC(C)OP(=O)(CCC[N+](C)(C)CCCNS(=O)(=O)c1cccc2ccccc12)OC(C)C.[Br-]. The summed E-state index contributed by atoms with van der Waals surface area (Å²) in [6.07, 6.45) is 1.45. The maximum absolute atomic E-state index is 13.0. The lowest BCUT2D eigenvalue weighted by Crippen LogP contribution is -3.00. The summed E-state index contributed by atoms with van der Waals surface area (Å²) in [5, 5.41) is 1.62. The maximum Gasteiger partial charge on any atom is 0.331 e. The van der Waals surface area contributed by atoms with E-state index in [2.05, 4.69) is 18.8 Å². The van der Waals surface area contributed by atoms with Crippen LogP contribution in [-0.4, -0.2) is 65.0 Å². The average molecular weight is 580 g/mol.